The van der Waals surface area contributed by atoms with E-state index in [1.807, 2.05) is 29.3 Å². The molecule has 1 amide bonds. The Morgan fingerprint density at radius 2 is 2.29 bits per heavy atom. The molecule has 1 unspecified atom stereocenters. The molecular formula is C15H22N2O3S. The van der Waals surface area contributed by atoms with Crippen LogP contribution >= 0.6 is 11.3 Å². The first-order chi connectivity index (χ1) is 9.97. The molecular weight excluding hydrogens is 288 g/mol. The van der Waals surface area contributed by atoms with Crippen LogP contribution in [0, 0.1) is 5.41 Å². The summed E-state index contributed by atoms with van der Waals surface area (Å²) in [6, 6.07) is 3.98. The molecule has 1 aromatic rings. The van der Waals surface area contributed by atoms with Crippen molar-refractivity contribution < 1.29 is 14.7 Å². The molecule has 0 saturated carbocycles. The largest absolute Gasteiger partial charge is 0.481 e. The summed E-state index contributed by atoms with van der Waals surface area (Å²) in [5.41, 5.74) is -0.674. The van der Waals surface area contributed by atoms with Crippen LogP contribution in [0.15, 0.2) is 17.5 Å². The Labute approximate surface area is 129 Å². The normalized spacial score (nSPS) is 22.4. The quantitative estimate of drug-likeness (QED) is 0.872. The zero-order valence-corrected chi connectivity index (χ0v) is 13.4. The third kappa shape index (κ3) is 3.63. The summed E-state index contributed by atoms with van der Waals surface area (Å²) in [6.45, 7) is 3.97. The Bertz CT molecular complexity index is 503. The van der Waals surface area contributed by atoms with Crippen LogP contribution in [0.1, 0.15) is 24.6 Å². The van der Waals surface area contributed by atoms with E-state index in [1.165, 1.54) is 0 Å². The number of carboxylic acids is 1. The molecule has 0 aliphatic carbocycles. The zero-order valence-electron chi connectivity index (χ0n) is 12.5. The van der Waals surface area contributed by atoms with Crippen molar-refractivity contribution in [3.8, 4) is 0 Å². The van der Waals surface area contributed by atoms with E-state index in [9.17, 15) is 14.7 Å². The molecule has 6 heteroatoms. The van der Waals surface area contributed by atoms with Gasteiger partial charge in [-0.05, 0) is 30.8 Å². The fourth-order valence-corrected chi connectivity index (χ4v) is 3.50. The van der Waals surface area contributed by atoms with E-state index in [2.05, 4.69) is 0 Å². The molecule has 0 radical (unpaired) electrons. The summed E-state index contributed by atoms with van der Waals surface area (Å²) in [6.07, 6.45) is 1.23. The first-order valence-corrected chi connectivity index (χ1v) is 8.07. The lowest BCUT2D eigenvalue weighted by molar-refractivity contribution is -0.148. The van der Waals surface area contributed by atoms with E-state index < -0.39 is 11.4 Å². The number of thiophene rings is 1. The molecule has 5 nitrogen and oxygen atoms in total. The van der Waals surface area contributed by atoms with Gasteiger partial charge in [0.25, 0.3) is 0 Å². The number of carboxylic acid groups (broad SMARTS) is 1. The molecule has 116 valence electrons. The first-order valence-electron chi connectivity index (χ1n) is 7.19. The van der Waals surface area contributed by atoms with Gasteiger partial charge in [0.05, 0.1) is 18.5 Å². The summed E-state index contributed by atoms with van der Waals surface area (Å²) in [5, 5.41) is 11.4. The molecule has 0 bridgehead atoms. The summed E-state index contributed by atoms with van der Waals surface area (Å²) in [5.74, 6) is -0.701. The number of nitrogens with zero attached hydrogens (tertiary/aromatic N) is 2. The highest BCUT2D eigenvalue weighted by Crippen LogP contribution is 2.34. The Morgan fingerprint density at radius 3 is 2.81 bits per heavy atom. The molecule has 21 heavy (non-hydrogen) atoms. The number of likely N-dealkylation sites (tertiary alicyclic amines) is 1. The van der Waals surface area contributed by atoms with Crippen molar-refractivity contribution in [3.63, 3.8) is 0 Å². The number of hydrogen-bond acceptors (Lipinski definition) is 4. The fraction of sp³-hybridized carbons (Fsp3) is 0.600. The van der Waals surface area contributed by atoms with Crippen molar-refractivity contribution in [1.29, 1.82) is 0 Å². The smallest absolute Gasteiger partial charge is 0.310 e. The Kier molecular flexibility index (Phi) is 5.00. The van der Waals surface area contributed by atoms with Crippen molar-refractivity contribution in [3.05, 3.63) is 22.4 Å². The second-order valence-electron chi connectivity index (χ2n) is 5.73. The third-order valence-corrected chi connectivity index (χ3v) is 5.18. The summed E-state index contributed by atoms with van der Waals surface area (Å²) in [7, 11) is 1.79. The van der Waals surface area contributed by atoms with Gasteiger partial charge >= 0.3 is 5.97 Å². The van der Waals surface area contributed by atoms with Gasteiger partial charge in [-0.2, -0.15) is 0 Å². The number of carbonyl (C=O) groups excluding carboxylic acids is 1. The van der Waals surface area contributed by atoms with Crippen molar-refractivity contribution in [2.45, 2.75) is 26.3 Å². The minimum absolute atomic E-state index is 0.0423. The van der Waals surface area contributed by atoms with E-state index in [0.29, 0.717) is 39.0 Å². The topological polar surface area (TPSA) is 60.9 Å². The average Bonchev–Trinajstić information content (AvgIpc) is 3.08. The predicted molar refractivity (Wildman–Crippen MR) is 82.2 cm³/mol. The highest BCUT2D eigenvalue weighted by Gasteiger charge is 2.43. The van der Waals surface area contributed by atoms with Crippen molar-refractivity contribution in [2.75, 3.05) is 26.7 Å². The van der Waals surface area contributed by atoms with E-state index in [0.717, 1.165) is 4.88 Å². The first kappa shape index (κ1) is 16.0. The summed E-state index contributed by atoms with van der Waals surface area (Å²) in [4.78, 5) is 28.5. The highest BCUT2D eigenvalue weighted by atomic mass is 32.1. The molecule has 2 rings (SSSR count). The molecule has 1 atom stereocenters. The predicted octanol–water partition coefficient (Wildman–Crippen LogP) is 1.89. The Hall–Kier alpha value is -1.40. The summed E-state index contributed by atoms with van der Waals surface area (Å²) < 4.78 is 0. The number of amides is 1. The molecule has 1 N–H and O–H groups in total. The van der Waals surface area contributed by atoms with Crippen molar-refractivity contribution in [1.82, 2.24) is 9.80 Å². The van der Waals surface area contributed by atoms with Crippen LogP contribution in [0.2, 0.25) is 0 Å². The molecule has 0 aromatic carbocycles. The molecule has 2 heterocycles. The average molecular weight is 310 g/mol. The molecule has 0 spiro atoms. The van der Waals surface area contributed by atoms with Gasteiger partial charge in [-0.1, -0.05) is 13.0 Å². The maximum atomic E-state index is 12.2. The number of aliphatic carboxylic acids is 1. The number of rotatable bonds is 6. The maximum Gasteiger partial charge on any atom is 0.310 e. The van der Waals surface area contributed by atoms with E-state index in [4.69, 9.17) is 0 Å². The molecule has 1 saturated heterocycles. The van der Waals surface area contributed by atoms with E-state index in [1.54, 1.807) is 23.3 Å². The van der Waals surface area contributed by atoms with Crippen LogP contribution in [0.3, 0.4) is 0 Å². The van der Waals surface area contributed by atoms with Gasteiger partial charge in [0, 0.05) is 18.5 Å². The van der Waals surface area contributed by atoms with Gasteiger partial charge in [-0.3, -0.25) is 14.5 Å². The van der Waals surface area contributed by atoms with Crippen LogP contribution in [-0.4, -0.2) is 53.5 Å². The monoisotopic (exact) mass is 310 g/mol. The second-order valence-corrected chi connectivity index (χ2v) is 6.76. The lowest BCUT2D eigenvalue weighted by Crippen LogP contribution is -2.39. The zero-order chi connectivity index (χ0) is 15.5. The lowest BCUT2D eigenvalue weighted by Gasteiger charge is -2.24. The highest BCUT2D eigenvalue weighted by molar-refractivity contribution is 7.09. The standard InChI is InChI=1S/C15H22N2O3S/c1-3-15(14(19)20)6-7-17(11-15)10-13(18)16(2)9-12-5-4-8-21-12/h4-5,8H,3,6-7,9-11H2,1-2H3,(H,19,20). The molecule has 1 aromatic heterocycles. The molecule has 1 aliphatic heterocycles. The van der Waals surface area contributed by atoms with Crippen molar-refractivity contribution in [2.24, 2.45) is 5.41 Å². The minimum Gasteiger partial charge on any atom is -0.481 e. The van der Waals surface area contributed by atoms with Crippen LogP contribution < -0.4 is 0 Å². The third-order valence-electron chi connectivity index (χ3n) is 4.32. The molecule has 1 aliphatic rings. The van der Waals surface area contributed by atoms with Crippen LogP contribution in [0.25, 0.3) is 0 Å². The second kappa shape index (κ2) is 6.58. The SMILES string of the molecule is CCC1(C(=O)O)CCN(CC(=O)N(C)Cc2cccs2)C1. The number of carbonyl (C=O) groups is 2. The number of hydrogen-bond donors (Lipinski definition) is 1. The van der Waals surface area contributed by atoms with Crippen molar-refractivity contribution >= 4 is 23.2 Å². The van der Waals surface area contributed by atoms with Gasteiger partial charge in [-0.25, -0.2) is 0 Å². The minimum atomic E-state index is -0.744. The van der Waals surface area contributed by atoms with Crippen LogP contribution in [-0.2, 0) is 16.1 Å². The van der Waals surface area contributed by atoms with Gasteiger partial charge in [0.2, 0.25) is 5.91 Å². The maximum absolute atomic E-state index is 12.2. The summed E-state index contributed by atoms with van der Waals surface area (Å²) >= 11 is 1.63. The number of likely N-dealkylation sites (N-methyl/N-ethyl adjacent to an activating group) is 1. The lowest BCUT2D eigenvalue weighted by atomic mass is 9.84. The fourth-order valence-electron chi connectivity index (χ4n) is 2.74. The Morgan fingerprint density at radius 1 is 1.52 bits per heavy atom. The van der Waals surface area contributed by atoms with Crippen LogP contribution in [0.5, 0.6) is 0 Å². The molecule has 1 fully saturated rings. The Balaban J connectivity index is 1.87. The van der Waals surface area contributed by atoms with E-state index >= 15 is 0 Å². The van der Waals surface area contributed by atoms with Gasteiger partial charge < -0.3 is 10.0 Å². The van der Waals surface area contributed by atoms with Gasteiger partial charge in [0.1, 0.15) is 0 Å². The van der Waals surface area contributed by atoms with Gasteiger partial charge in [-0.15, -0.1) is 11.3 Å². The van der Waals surface area contributed by atoms with Gasteiger partial charge in [0.15, 0.2) is 0 Å². The van der Waals surface area contributed by atoms with E-state index in [-0.39, 0.29) is 5.91 Å². The van der Waals surface area contributed by atoms with Crippen LogP contribution in [0.4, 0.5) is 0 Å².